The van der Waals surface area contributed by atoms with E-state index in [0.717, 1.165) is 11.3 Å². The maximum atomic E-state index is 8.08. The smallest absolute Gasteiger partial charge is 0.0686 e. The van der Waals surface area contributed by atoms with Gasteiger partial charge in [0.2, 0.25) is 0 Å². The number of hydrogen-bond donors (Lipinski definition) is 0. The van der Waals surface area contributed by atoms with Crippen molar-refractivity contribution in [1.82, 2.24) is 4.98 Å². The minimum Gasteiger partial charge on any atom is -0.259 e. The molecule has 5 heteroatoms. The highest BCUT2D eigenvalue weighted by atomic mass is 35.5. The van der Waals surface area contributed by atoms with E-state index in [9.17, 15) is 0 Å². The van der Waals surface area contributed by atoms with Crippen LogP contribution in [-0.4, -0.2) is 4.98 Å². The van der Waals surface area contributed by atoms with Gasteiger partial charge in [0.1, 0.15) is 0 Å². The lowest BCUT2D eigenvalue weighted by molar-refractivity contribution is 0.956. The predicted molar refractivity (Wildman–Crippen MR) is 46.8 cm³/mol. The van der Waals surface area contributed by atoms with Gasteiger partial charge in [-0.3, -0.25) is 4.98 Å². The molecule has 0 aliphatic carbocycles. The van der Waals surface area contributed by atoms with Crippen molar-refractivity contribution in [2.45, 2.75) is 13.5 Å². The second kappa shape index (κ2) is 3.95. The molecular formula is C7H7ClN4. The molecule has 0 fully saturated rings. The van der Waals surface area contributed by atoms with Gasteiger partial charge < -0.3 is 0 Å². The Kier molecular flexibility index (Phi) is 2.91. The number of nitrogens with zero attached hydrogens (tertiary/aromatic N) is 4. The van der Waals surface area contributed by atoms with Gasteiger partial charge in [-0.25, -0.2) is 0 Å². The molecule has 0 bridgehead atoms. The van der Waals surface area contributed by atoms with Gasteiger partial charge in [-0.1, -0.05) is 16.7 Å². The molecule has 0 saturated carbocycles. The number of pyridine rings is 1. The number of halogens is 1. The van der Waals surface area contributed by atoms with Crippen molar-refractivity contribution in [3.8, 4) is 0 Å². The zero-order valence-electron chi connectivity index (χ0n) is 6.53. The van der Waals surface area contributed by atoms with Gasteiger partial charge in [-0.2, -0.15) is 0 Å². The third-order valence-corrected chi connectivity index (χ3v) is 1.64. The second-order valence-corrected chi connectivity index (χ2v) is 2.74. The lowest BCUT2D eigenvalue weighted by Gasteiger charge is -1.99. The van der Waals surface area contributed by atoms with Gasteiger partial charge in [-0.15, -0.1) is 0 Å². The molecule has 0 radical (unpaired) electrons. The van der Waals surface area contributed by atoms with Crippen LogP contribution in [0.2, 0.25) is 5.02 Å². The highest BCUT2D eigenvalue weighted by Gasteiger charge is 1.98. The molecule has 4 nitrogen and oxygen atoms in total. The predicted octanol–water partition coefficient (Wildman–Crippen LogP) is 2.85. The lowest BCUT2D eigenvalue weighted by atomic mass is 10.2. The van der Waals surface area contributed by atoms with E-state index < -0.39 is 0 Å². The molecule has 0 aromatic carbocycles. The molecule has 1 heterocycles. The molecule has 1 aromatic rings. The average molecular weight is 183 g/mol. The monoisotopic (exact) mass is 182 g/mol. The summed E-state index contributed by atoms with van der Waals surface area (Å²) < 4.78 is 0. The summed E-state index contributed by atoms with van der Waals surface area (Å²) in [6, 6.07) is 1.79. The standard InChI is InChI=1S/C7H7ClN4/c1-5-2-6(8)3-10-7(5)4-11-12-9/h2-3H,4H2,1H3. The molecule has 0 aliphatic heterocycles. The fourth-order valence-electron chi connectivity index (χ4n) is 0.833. The first-order valence-electron chi connectivity index (χ1n) is 3.36. The van der Waals surface area contributed by atoms with E-state index in [-0.39, 0.29) is 6.54 Å². The van der Waals surface area contributed by atoms with Gasteiger partial charge in [0.15, 0.2) is 0 Å². The van der Waals surface area contributed by atoms with Crippen molar-refractivity contribution in [3.63, 3.8) is 0 Å². The Morgan fingerprint density at radius 1 is 1.75 bits per heavy atom. The Morgan fingerprint density at radius 2 is 2.50 bits per heavy atom. The summed E-state index contributed by atoms with van der Waals surface area (Å²) >= 11 is 5.69. The fraction of sp³-hybridized carbons (Fsp3) is 0.286. The van der Waals surface area contributed by atoms with Gasteiger partial charge in [0.25, 0.3) is 0 Å². The Hall–Kier alpha value is -1.25. The van der Waals surface area contributed by atoms with Gasteiger partial charge in [-0.05, 0) is 24.1 Å². The van der Waals surface area contributed by atoms with Crippen LogP contribution in [0, 0.1) is 6.92 Å². The first kappa shape index (κ1) is 8.84. The first-order chi connectivity index (χ1) is 5.74. The number of aromatic nitrogens is 1. The SMILES string of the molecule is Cc1cc(Cl)cnc1CN=[N+]=[N-]. The maximum absolute atomic E-state index is 8.08. The Labute approximate surface area is 74.8 Å². The number of azide groups is 1. The third-order valence-electron chi connectivity index (χ3n) is 1.44. The van der Waals surface area contributed by atoms with Crippen LogP contribution in [0.1, 0.15) is 11.3 Å². The number of rotatable bonds is 2. The topological polar surface area (TPSA) is 61.7 Å². The van der Waals surface area contributed by atoms with Crippen molar-refractivity contribution in [2.75, 3.05) is 0 Å². The summed E-state index contributed by atoms with van der Waals surface area (Å²) in [6.07, 6.45) is 1.54. The number of hydrogen-bond acceptors (Lipinski definition) is 2. The van der Waals surface area contributed by atoms with E-state index in [4.69, 9.17) is 17.1 Å². The Bertz CT molecular complexity index is 330. The van der Waals surface area contributed by atoms with Crippen molar-refractivity contribution < 1.29 is 0 Å². The van der Waals surface area contributed by atoms with E-state index in [0.29, 0.717) is 5.02 Å². The average Bonchev–Trinajstić information content (AvgIpc) is 2.03. The van der Waals surface area contributed by atoms with E-state index >= 15 is 0 Å². The Balaban J connectivity index is 2.93. The Morgan fingerprint density at radius 3 is 3.08 bits per heavy atom. The van der Waals surface area contributed by atoms with Crippen LogP contribution in [0.15, 0.2) is 17.4 Å². The molecule has 0 unspecified atom stereocenters. The molecule has 0 amide bonds. The van der Waals surface area contributed by atoms with Gasteiger partial charge in [0.05, 0.1) is 11.6 Å². The van der Waals surface area contributed by atoms with Crippen LogP contribution in [0.3, 0.4) is 0 Å². The zero-order valence-corrected chi connectivity index (χ0v) is 7.28. The maximum Gasteiger partial charge on any atom is 0.0686 e. The second-order valence-electron chi connectivity index (χ2n) is 2.31. The van der Waals surface area contributed by atoms with Crippen LogP contribution < -0.4 is 0 Å². The zero-order chi connectivity index (χ0) is 8.97. The van der Waals surface area contributed by atoms with Crippen molar-refractivity contribution in [2.24, 2.45) is 5.11 Å². The minimum absolute atomic E-state index is 0.277. The minimum atomic E-state index is 0.277. The molecule has 0 aliphatic rings. The molecule has 1 aromatic heterocycles. The summed E-state index contributed by atoms with van der Waals surface area (Å²) in [4.78, 5) is 6.67. The summed E-state index contributed by atoms with van der Waals surface area (Å²) in [5, 5.41) is 4.00. The molecule has 0 atom stereocenters. The highest BCUT2D eigenvalue weighted by Crippen LogP contribution is 2.12. The van der Waals surface area contributed by atoms with Crippen molar-refractivity contribution >= 4 is 11.6 Å². The summed E-state index contributed by atoms with van der Waals surface area (Å²) in [5.74, 6) is 0. The third kappa shape index (κ3) is 2.12. The van der Waals surface area contributed by atoms with Gasteiger partial charge in [0, 0.05) is 16.8 Å². The van der Waals surface area contributed by atoms with E-state index in [2.05, 4.69) is 15.0 Å². The molecule has 12 heavy (non-hydrogen) atoms. The van der Waals surface area contributed by atoms with E-state index in [1.807, 2.05) is 6.92 Å². The van der Waals surface area contributed by atoms with Crippen molar-refractivity contribution in [3.05, 3.63) is 39.0 Å². The molecule has 0 spiro atoms. The van der Waals surface area contributed by atoms with Crippen molar-refractivity contribution in [1.29, 1.82) is 0 Å². The highest BCUT2D eigenvalue weighted by molar-refractivity contribution is 6.30. The summed E-state index contributed by atoms with van der Waals surface area (Å²) in [5.41, 5.74) is 9.78. The normalized spacial score (nSPS) is 9.17. The summed E-state index contributed by atoms with van der Waals surface area (Å²) in [7, 11) is 0. The lowest BCUT2D eigenvalue weighted by Crippen LogP contribution is -1.90. The molecule has 62 valence electrons. The molecular weight excluding hydrogens is 176 g/mol. The van der Waals surface area contributed by atoms with Crippen LogP contribution in [-0.2, 0) is 6.54 Å². The van der Waals surface area contributed by atoms with E-state index in [1.165, 1.54) is 6.20 Å². The molecule has 0 saturated heterocycles. The van der Waals surface area contributed by atoms with E-state index in [1.54, 1.807) is 6.07 Å². The molecule has 1 rings (SSSR count). The van der Waals surface area contributed by atoms with Crippen LogP contribution in [0.4, 0.5) is 0 Å². The first-order valence-corrected chi connectivity index (χ1v) is 3.73. The van der Waals surface area contributed by atoms with Crippen LogP contribution in [0.5, 0.6) is 0 Å². The van der Waals surface area contributed by atoms with Gasteiger partial charge >= 0.3 is 0 Å². The quantitative estimate of drug-likeness (QED) is 0.394. The van der Waals surface area contributed by atoms with Crippen LogP contribution >= 0.6 is 11.6 Å². The fourth-order valence-corrected chi connectivity index (χ4v) is 1.05. The van der Waals surface area contributed by atoms with Crippen LogP contribution in [0.25, 0.3) is 10.4 Å². The largest absolute Gasteiger partial charge is 0.259 e. The number of aryl methyl sites for hydroxylation is 1. The summed E-state index contributed by atoms with van der Waals surface area (Å²) in [6.45, 7) is 2.15. The molecule has 0 N–H and O–H groups in total.